The molecule has 0 amide bonds. The van der Waals surface area contributed by atoms with Crippen molar-refractivity contribution >= 4 is 16.6 Å². The largest absolute Gasteiger partial charge is 0.206 e. The van der Waals surface area contributed by atoms with Crippen LogP contribution in [-0.2, 0) is 0 Å². The fraction of sp³-hybridized carbons (Fsp3) is 0.308. The molecule has 1 aromatic carbocycles. The van der Waals surface area contributed by atoms with Gasteiger partial charge < -0.3 is 0 Å². The van der Waals surface area contributed by atoms with E-state index in [4.69, 9.17) is 16.9 Å². The summed E-state index contributed by atoms with van der Waals surface area (Å²) in [7, 11) is 0. The summed E-state index contributed by atoms with van der Waals surface area (Å²) in [4.78, 5) is 0. The van der Waals surface area contributed by atoms with Gasteiger partial charge in [-0.05, 0) is 25.0 Å². The Morgan fingerprint density at radius 3 is 2.69 bits per heavy atom. The van der Waals surface area contributed by atoms with Crippen molar-refractivity contribution < 1.29 is 4.39 Å². The van der Waals surface area contributed by atoms with Crippen LogP contribution in [0.2, 0.25) is 0 Å². The smallest absolute Gasteiger partial charge is 0.132 e. The van der Waals surface area contributed by atoms with Gasteiger partial charge in [-0.25, -0.2) is 4.39 Å². The second-order valence-electron chi connectivity index (χ2n) is 3.64. The van der Waals surface area contributed by atoms with E-state index in [2.05, 4.69) is 0 Å². The summed E-state index contributed by atoms with van der Waals surface area (Å²) in [5.41, 5.74) is 1.57. The lowest BCUT2D eigenvalue weighted by atomic mass is 10.1. The number of allylic oxidation sites excluding steroid dienone is 1. The number of halogens is 2. The Kier molecular flexibility index (Phi) is 4.52. The first-order chi connectivity index (χ1) is 7.60. The Hall–Kier alpha value is -1.33. The second-order valence-corrected chi connectivity index (χ2v) is 4.02. The average molecular weight is 238 g/mol. The molecule has 16 heavy (non-hydrogen) atoms. The SMILES string of the molecule is CCCC(C#N)=C(Cl)c1ccc(C)cc1F. The highest BCUT2D eigenvalue weighted by molar-refractivity contribution is 6.49. The molecule has 0 saturated heterocycles. The van der Waals surface area contributed by atoms with Crippen molar-refractivity contribution in [3.63, 3.8) is 0 Å². The molecule has 0 aliphatic rings. The standard InChI is InChI=1S/C13H13ClFN/c1-3-4-10(8-16)13(14)11-6-5-9(2)7-12(11)15/h5-7H,3-4H2,1-2H3. The third kappa shape index (κ3) is 2.84. The zero-order valence-corrected chi connectivity index (χ0v) is 10.1. The van der Waals surface area contributed by atoms with Gasteiger partial charge >= 0.3 is 0 Å². The third-order valence-electron chi connectivity index (χ3n) is 2.26. The molecule has 0 spiro atoms. The molecule has 0 unspecified atom stereocenters. The maximum atomic E-state index is 13.6. The van der Waals surface area contributed by atoms with Crippen molar-refractivity contribution in [3.8, 4) is 6.07 Å². The zero-order chi connectivity index (χ0) is 12.1. The van der Waals surface area contributed by atoms with Gasteiger partial charge in [0.2, 0.25) is 0 Å². The summed E-state index contributed by atoms with van der Waals surface area (Å²) in [5.74, 6) is -0.381. The van der Waals surface area contributed by atoms with E-state index in [1.807, 2.05) is 19.9 Å². The number of nitriles is 1. The first-order valence-corrected chi connectivity index (χ1v) is 5.53. The monoisotopic (exact) mass is 237 g/mol. The lowest BCUT2D eigenvalue weighted by Crippen LogP contribution is -1.90. The Morgan fingerprint density at radius 1 is 1.50 bits per heavy atom. The van der Waals surface area contributed by atoms with E-state index in [0.29, 0.717) is 17.6 Å². The van der Waals surface area contributed by atoms with Crippen molar-refractivity contribution in [3.05, 3.63) is 40.7 Å². The van der Waals surface area contributed by atoms with E-state index in [-0.39, 0.29) is 10.8 Å². The number of benzene rings is 1. The van der Waals surface area contributed by atoms with Crippen LogP contribution in [0.1, 0.15) is 30.9 Å². The summed E-state index contributed by atoms with van der Waals surface area (Å²) in [6, 6.07) is 6.83. The predicted molar refractivity (Wildman–Crippen MR) is 64.4 cm³/mol. The first kappa shape index (κ1) is 12.7. The van der Waals surface area contributed by atoms with Crippen LogP contribution in [0.25, 0.3) is 5.03 Å². The fourth-order valence-corrected chi connectivity index (χ4v) is 1.72. The van der Waals surface area contributed by atoms with Crippen molar-refractivity contribution in [1.82, 2.24) is 0 Å². The van der Waals surface area contributed by atoms with Crippen LogP contribution in [-0.4, -0.2) is 0 Å². The van der Waals surface area contributed by atoms with Crippen molar-refractivity contribution in [2.24, 2.45) is 0 Å². The van der Waals surface area contributed by atoms with Gasteiger partial charge in [0.05, 0.1) is 11.1 Å². The molecule has 0 bridgehead atoms. The van der Waals surface area contributed by atoms with Crippen LogP contribution in [0.15, 0.2) is 23.8 Å². The van der Waals surface area contributed by atoms with Crippen LogP contribution in [0.4, 0.5) is 4.39 Å². The minimum Gasteiger partial charge on any atom is -0.206 e. The molecule has 1 aromatic rings. The molecular weight excluding hydrogens is 225 g/mol. The molecule has 1 nitrogen and oxygen atoms in total. The number of nitrogens with zero attached hydrogens (tertiary/aromatic N) is 1. The molecule has 0 radical (unpaired) electrons. The van der Waals surface area contributed by atoms with Gasteiger partial charge in [0, 0.05) is 11.1 Å². The first-order valence-electron chi connectivity index (χ1n) is 5.15. The topological polar surface area (TPSA) is 23.8 Å². The van der Waals surface area contributed by atoms with Crippen molar-refractivity contribution in [2.45, 2.75) is 26.7 Å². The van der Waals surface area contributed by atoms with Gasteiger partial charge in [0.25, 0.3) is 0 Å². The summed E-state index contributed by atoms with van der Waals surface area (Å²) in [6.07, 6.45) is 1.38. The second kappa shape index (κ2) is 5.67. The summed E-state index contributed by atoms with van der Waals surface area (Å²) < 4.78 is 13.6. The van der Waals surface area contributed by atoms with Crippen LogP contribution in [0.3, 0.4) is 0 Å². The number of hydrogen-bond donors (Lipinski definition) is 0. The molecule has 0 atom stereocenters. The highest BCUT2D eigenvalue weighted by atomic mass is 35.5. The lowest BCUT2D eigenvalue weighted by Gasteiger charge is -2.05. The fourth-order valence-electron chi connectivity index (χ4n) is 1.43. The van der Waals surface area contributed by atoms with E-state index in [1.165, 1.54) is 6.07 Å². The van der Waals surface area contributed by atoms with Crippen LogP contribution in [0, 0.1) is 24.1 Å². The molecule has 0 aliphatic heterocycles. The minimum atomic E-state index is -0.381. The van der Waals surface area contributed by atoms with Crippen LogP contribution >= 0.6 is 11.6 Å². The number of hydrogen-bond acceptors (Lipinski definition) is 1. The normalized spacial score (nSPS) is 11.9. The highest BCUT2D eigenvalue weighted by Gasteiger charge is 2.10. The van der Waals surface area contributed by atoms with E-state index in [0.717, 1.165) is 12.0 Å². The molecule has 1 rings (SSSR count). The van der Waals surface area contributed by atoms with E-state index in [1.54, 1.807) is 12.1 Å². The van der Waals surface area contributed by atoms with Gasteiger partial charge in [-0.2, -0.15) is 5.26 Å². The van der Waals surface area contributed by atoms with Crippen LogP contribution < -0.4 is 0 Å². The molecule has 0 aliphatic carbocycles. The molecule has 0 N–H and O–H groups in total. The van der Waals surface area contributed by atoms with E-state index < -0.39 is 0 Å². The molecular formula is C13H13ClFN. The Labute approximate surface area is 100 Å². The van der Waals surface area contributed by atoms with Gasteiger partial charge in [-0.3, -0.25) is 0 Å². The lowest BCUT2D eigenvalue weighted by molar-refractivity contribution is 0.623. The third-order valence-corrected chi connectivity index (χ3v) is 2.69. The minimum absolute atomic E-state index is 0.224. The van der Waals surface area contributed by atoms with Crippen LogP contribution in [0.5, 0.6) is 0 Å². The molecule has 0 saturated carbocycles. The highest BCUT2D eigenvalue weighted by Crippen LogP contribution is 2.27. The summed E-state index contributed by atoms with van der Waals surface area (Å²) >= 11 is 6.03. The molecule has 3 heteroatoms. The maximum Gasteiger partial charge on any atom is 0.132 e. The molecule has 0 fully saturated rings. The summed E-state index contributed by atoms with van der Waals surface area (Å²) in [5, 5.41) is 9.14. The van der Waals surface area contributed by atoms with Gasteiger partial charge in [-0.15, -0.1) is 0 Å². The zero-order valence-electron chi connectivity index (χ0n) is 9.35. The Balaban J connectivity index is 3.22. The van der Waals surface area contributed by atoms with E-state index in [9.17, 15) is 4.39 Å². The maximum absolute atomic E-state index is 13.6. The Bertz CT molecular complexity index is 457. The quantitative estimate of drug-likeness (QED) is 0.715. The molecule has 84 valence electrons. The molecule has 0 aromatic heterocycles. The van der Waals surface area contributed by atoms with Crippen molar-refractivity contribution in [2.75, 3.05) is 0 Å². The summed E-state index contributed by atoms with van der Waals surface area (Å²) in [6.45, 7) is 3.76. The average Bonchev–Trinajstić information content (AvgIpc) is 2.25. The molecule has 0 heterocycles. The predicted octanol–water partition coefficient (Wildman–Crippen LogP) is 4.41. The number of rotatable bonds is 3. The van der Waals surface area contributed by atoms with E-state index >= 15 is 0 Å². The van der Waals surface area contributed by atoms with Gasteiger partial charge in [0.15, 0.2) is 0 Å². The number of aryl methyl sites for hydroxylation is 1. The van der Waals surface area contributed by atoms with Gasteiger partial charge in [-0.1, -0.05) is 37.1 Å². The van der Waals surface area contributed by atoms with Gasteiger partial charge in [0.1, 0.15) is 5.82 Å². The van der Waals surface area contributed by atoms with Crippen molar-refractivity contribution in [1.29, 1.82) is 5.26 Å². The Morgan fingerprint density at radius 2 is 2.19 bits per heavy atom.